The first kappa shape index (κ1) is 12.6. The van der Waals surface area contributed by atoms with E-state index in [1.807, 2.05) is 57.2 Å². The van der Waals surface area contributed by atoms with Gasteiger partial charge < -0.3 is 4.74 Å². The van der Waals surface area contributed by atoms with Gasteiger partial charge in [0.05, 0.1) is 5.41 Å². The van der Waals surface area contributed by atoms with Gasteiger partial charge in [-0.2, -0.15) is 0 Å². The van der Waals surface area contributed by atoms with Crippen molar-refractivity contribution >= 4 is 5.97 Å². The molecule has 2 aliphatic rings. The summed E-state index contributed by atoms with van der Waals surface area (Å²) >= 11 is 0. The predicted octanol–water partition coefficient (Wildman–Crippen LogP) is 3.84. The number of carbonyl (C=O) groups is 1. The van der Waals surface area contributed by atoms with Crippen molar-refractivity contribution in [3.63, 3.8) is 0 Å². The van der Waals surface area contributed by atoms with E-state index in [0.29, 0.717) is 5.76 Å². The minimum absolute atomic E-state index is 0.200. The summed E-state index contributed by atoms with van der Waals surface area (Å²) in [6.07, 6.45) is 14.8. The van der Waals surface area contributed by atoms with Gasteiger partial charge in [-0.3, -0.25) is 4.79 Å². The van der Waals surface area contributed by atoms with Crippen molar-refractivity contribution in [1.29, 1.82) is 0 Å². The highest BCUT2D eigenvalue weighted by atomic mass is 16.5. The fourth-order valence-electron chi connectivity index (χ4n) is 1.68. The quantitative estimate of drug-likeness (QED) is 0.653. The third kappa shape index (κ3) is 2.89. The number of rotatable bonds is 1. The van der Waals surface area contributed by atoms with Crippen LogP contribution < -0.4 is 0 Å². The molecule has 0 aromatic rings. The lowest BCUT2D eigenvalue weighted by atomic mass is 9.96. The van der Waals surface area contributed by atoms with Gasteiger partial charge in [0.2, 0.25) is 0 Å². The molecular formula is C16H18O2. The topological polar surface area (TPSA) is 26.3 Å². The van der Waals surface area contributed by atoms with Crippen molar-refractivity contribution in [3.05, 3.63) is 59.4 Å². The summed E-state index contributed by atoms with van der Waals surface area (Å²) in [7, 11) is 0. The maximum absolute atomic E-state index is 11.8. The SMILES string of the molecule is CC(C)(C)C(=O)OC1=CCC2=CC=CC=CC2=C1. The number of ether oxygens (including phenoxy) is 1. The van der Waals surface area contributed by atoms with Crippen molar-refractivity contribution in [2.24, 2.45) is 5.41 Å². The monoisotopic (exact) mass is 242 g/mol. The lowest BCUT2D eigenvalue weighted by Crippen LogP contribution is -2.22. The minimum Gasteiger partial charge on any atom is -0.426 e. The van der Waals surface area contributed by atoms with Gasteiger partial charge in [0.25, 0.3) is 0 Å². The van der Waals surface area contributed by atoms with Gasteiger partial charge in [-0.05, 0) is 50.5 Å². The van der Waals surface area contributed by atoms with E-state index < -0.39 is 5.41 Å². The number of hydrogen-bond acceptors (Lipinski definition) is 2. The van der Waals surface area contributed by atoms with Crippen LogP contribution in [0.3, 0.4) is 0 Å². The Balaban J connectivity index is 2.15. The van der Waals surface area contributed by atoms with Crippen molar-refractivity contribution in [2.45, 2.75) is 27.2 Å². The van der Waals surface area contributed by atoms with Crippen LogP contribution in [0.2, 0.25) is 0 Å². The van der Waals surface area contributed by atoms with Gasteiger partial charge in [0.15, 0.2) is 0 Å². The molecule has 2 aliphatic carbocycles. The highest BCUT2D eigenvalue weighted by molar-refractivity contribution is 5.77. The van der Waals surface area contributed by atoms with Gasteiger partial charge in [-0.25, -0.2) is 0 Å². The van der Waals surface area contributed by atoms with Gasteiger partial charge in [-0.15, -0.1) is 0 Å². The molecule has 2 nitrogen and oxygen atoms in total. The smallest absolute Gasteiger partial charge is 0.316 e. The normalized spacial score (nSPS) is 18.3. The van der Waals surface area contributed by atoms with E-state index >= 15 is 0 Å². The molecule has 0 aromatic heterocycles. The highest BCUT2D eigenvalue weighted by Gasteiger charge is 2.24. The van der Waals surface area contributed by atoms with Crippen molar-refractivity contribution in [3.8, 4) is 0 Å². The molecule has 0 radical (unpaired) electrons. The van der Waals surface area contributed by atoms with E-state index in [4.69, 9.17) is 4.74 Å². The van der Waals surface area contributed by atoms with Gasteiger partial charge >= 0.3 is 5.97 Å². The Morgan fingerprint density at radius 1 is 1.22 bits per heavy atom. The van der Waals surface area contributed by atoms with E-state index in [2.05, 4.69) is 6.08 Å². The number of carbonyl (C=O) groups excluding carboxylic acids is 1. The standard InChI is InChI=1S/C16H18O2/c1-16(2,3)15(17)18-14-10-9-12-7-5-4-6-8-13(12)11-14/h4-8,10-11H,9H2,1-3H3. The van der Waals surface area contributed by atoms with Crippen LogP contribution in [0, 0.1) is 5.41 Å². The Labute approximate surface area is 108 Å². The maximum atomic E-state index is 11.8. The molecule has 0 unspecified atom stereocenters. The van der Waals surface area contributed by atoms with Crippen molar-refractivity contribution in [1.82, 2.24) is 0 Å². The summed E-state index contributed by atoms with van der Waals surface area (Å²) in [6.45, 7) is 5.56. The molecular weight excluding hydrogens is 224 g/mol. The zero-order chi connectivity index (χ0) is 13.2. The Morgan fingerprint density at radius 3 is 2.72 bits per heavy atom. The summed E-state index contributed by atoms with van der Waals surface area (Å²) in [5, 5.41) is 0. The second-order valence-corrected chi connectivity index (χ2v) is 5.49. The van der Waals surface area contributed by atoms with Gasteiger partial charge in [0, 0.05) is 0 Å². The molecule has 0 saturated carbocycles. The summed E-state index contributed by atoms with van der Waals surface area (Å²) < 4.78 is 5.41. The molecule has 0 bridgehead atoms. The number of allylic oxidation sites excluding steroid dienone is 9. The molecule has 0 spiro atoms. The van der Waals surface area contributed by atoms with Crippen LogP contribution in [0.25, 0.3) is 0 Å². The predicted molar refractivity (Wildman–Crippen MR) is 72.7 cm³/mol. The van der Waals surface area contributed by atoms with Crippen molar-refractivity contribution in [2.75, 3.05) is 0 Å². The summed E-state index contributed by atoms with van der Waals surface area (Å²) in [5.41, 5.74) is 1.88. The van der Waals surface area contributed by atoms with Crippen LogP contribution in [0.15, 0.2) is 59.4 Å². The average Bonchev–Trinajstić information content (AvgIpc) is 2.52. The second kappa shape index (κ2) is 4.81. The summed E-state index contributed by atoms with van der Waals surface area (Å²) in [4.78, 5) is 11.8. The fourth-order valence-corrected chi connectivity index (χ4v) is 1.68. The summed E-state index contributed by atoms with van der Waals surface area (Å²) in [6, 6.07) is 0. The molecule has 0 atom stereocenters. The van der Waals surface area contributed by atoms with E-state index in [0.717, 1.165) is 12.0 Å². The first-order chi connectivity index (χ1) is 8.47. The molecule has 0 aliphatic heterocycles. The van der Waals surface area contributed by atoms with Crippen LogP contribution in [0.1, 0.15) is 27.2 Å². The van der Waals surface area contributed by atoms with Crippen LogP contribution in [-0.2, 0) is 9.53 Å². The molecule has 0 saturated heterocycles. The van der Waals surface area contributed by atoms with E-state index in [1.54, 1.807) is 0 Å². The van der Waals surface area contributed by atoms with Crippen molar-refractivity contribution < 1.29 is 9.53 Å². The molecule has 0 fully saturated rings. The second-order valence-electron chi connectivity index (χ2n) is 5.49. The lowest BCUT2D eigenvalue weighted by molar-refractivity contribution is -0.148. The first-order valence-corrected chi connectivity index (χ1v) is 6.15. The number of esters is 1. The molecule has 0 aromatic carbocycles. The molecule has 0 heterocycles. The van der Waals surface area contributed by atoms with E-state index in [9.17, 15) is 4.79 Å². The van der Waals surface area contributed by atoms with E-state index in [1.165, 1.54) is 5.57 Å². The average molecular weight is 242 g/mol. The van der Waals surface area contributed by atoms with E-state index in [-0.39, 0.29) is 5.97 Å². The molecule has 18 heavy (non-hydrogen) atoms. The zero-order valence-corrected chi connectivity index (χ0v) is 11.1. The number of hydrogen-bond donors (Lipinski definition) is 0. The Kier molecular flexibility index (Phi) is 3.37. The lowest BCUT2D eigenvalue weighted by Gasteiger charge is -2.19. The summed E-state index contributed by atoms with van der Waals surface area (Å²) in [5.74, 6) is 0.447. The third-order valence-electron chi connectivity index (χ3n) is 2.81. The van der Waals surface area contributed by atoms with Crippen LogP contribution in [-0.4, -0.2) is 5.97 Å². The molecule has 0 N–H and O–H groups in total. The maximum Gasteiger partial charge on any atom is 0.316 e. The Morgan fingerprint density at radius 2 is 2.00 bits per heavy atom. The number of fused-ring (bicyclic) bond motifs is 1. The zero-order valence-electron chi connectivity index (χ0n) is 11.1. The molecule has 2 heteroatoms. The fraction of sp³-hybridized carbons (Fsp3) is 0.312. The highest BCUT2D eigenvalue weighted by Crippen LogP contribution is 2.28. The molecule has 94 valence electrons. The van der Waals surface area contributed by atoms with Gasteiger partial charge in [0.1, 0.15) is 5.76 Å². The molecule has 0 amide bonds. The third-order valence-corrected chi connectivity index (χ3v) is 2.81. The van der Waals surface area contributed by atoms with Crippen LogP contribution in [0.5, 0.6) is 0 Å². The largest absolute Gasteiger partial charge is 0.426 e. The Bertz CT molecular complexity index is 506. The minimum atomic E-state index is -0.476. The molecule has 2 rings (SSSR count). The van der Waals surface area contributed by atoms with Crippen LogP contribution in [0.4, 0.5) is 0 Å². The van der Waals surface area contributed by atoms with Gasteiger partial charge in [-0.1, -0.05) is 30.4 Å². The Hall–Kier alpha value is -1.83. The van der Waals surface area contributed by atoms with Crippen LogP contribution >= 0.6 is 0 Å². The first-order valence-electron chi connectivity index (χ1n) is 6.15.